The second-order valence-corrected chi connectivity index (χ2v) is 8.48. The van der Waals surface area contributed by atoms with Gasteiger partial charge < -0.3 is 4.74 Å². The van der Waals surface area contributed by atoms with Crippen LogP contribution in [0.5, 0.6) is 0 Å². The molecule has 7 heteroatoms. The van der Waals surface area contributed by atoms with Gasteiger partial charge in [-0.1, -0.05) is 6.07 Å². The summed E-state index contributed by atoms with van der Waals surface area (Å²) in [6.45, 7) is 5.04. The van der Waals surface area contributed by atoms with Gasteiger partial charge in [0.15, 0.2) is 0 Å². The summed E-state index contributed by atoms with van der Waals surface area (Å²) in [6, 6.07) is 5.84. The molecular formula is C16H25N3O3S. The van der Waals surface area contributed by atoms with Gasteiger partial charge in [-0.25, -0.2) is 13.1 Å². The molecule has 0 saturated carbocycles. The van der Waals surface area contributed by atoms with E-state index >= 15 is 0 Å². The number of piperidine rings is 1. The molecule has 3 heterocycles. The molecule has 2 fully saturated rings. The Morgan fingerprint density at radius 3 is 2.96 bits per heavy atom. The molecule has 1 aromatic rings. The summed E-state index contributed by atoms with van der Waals surface area (Å²) in [4.78, 5) is 6.85. The lowest BCUT2D eigenvalue weighted by Crippen LogP contribution is -2.60. The molecule has 0 unspecified atom stereocenters. The van der Waals surface area contributed by atoms with Gasteiger partial charge >= 0.3 is 0 Å². The molecule has 2 aliphatic heterocycles. The van der Waals surface area contributed by atoms with Crippen LogP contribution in [0, 0.1) is 12.8 Å². The monoisotopic (exact) mass is 339 g/mol. The van der Waals surface area contributed by atoms with Gasteiger partial charge in [0.2, 0.25) is 10.0 Å². The fourth-order valence-electron chi connectivity index (χ4n) is 3.72. The van der Waals surface area contributed by atoms with Crippen molar-refractivity contribution in [1.29, 1.82) is 0 Å². The second-order valence-electron chi connectivity index (χ2n) is 6.70. The number of sulfonamides is 1. The molecule has 2 aliphatic rings. The van der Waals surface area contributed by atoms with Crippen molar-refractivity contribution in [2.75, 3.05) is 26.0 Å². The van der Waals surface area contributed by atoms with Crippen LogP contribution in [-0.2, 0) is 21.3 Å². The molecule has 0 aliphatic carbocycles. The summed E-state index contributed by atoms with van der Waals surface area (Å²) in [5, 5.41) is 0. The van der Waals surface area contributed by atoms with Crippen molar-refractivity contribution in [3.8, 4) is 0 Å². The van der Waals surface area contributed by atoms with Gasteiger partial charge in [0.25, 0.3) is 0 Å². The number of nitrogens with zero attached hydrogens (tertiary/aromatic N) is 2. The normalized spacial score (nSPS) is 29.2. The molecule has 2 saturated heterocycles. The van der Waals surface area contributed by atoms with E-state index in [1.54, 1.807) is 0 Å². The van der Waals surface area contributed by atoms with Crippen LogP contribution in [-0.4, -0.2) is 56.4 Å². The van der Waals surface area contributed by atoms with E-state index in [9.17, 15) is 8.42 Å². The maximum atomic E-state index is 11.7. The van der Waals surface area contributed by atoms with Gasteiger partial charge in [-0.15, -0.1) is 0 Å². The number of pyridine rings is 1. The molecule has 1 N–H and O–H groups in total. The van der Waals surface area contributed by atoms with Crippen LogP contribution >= 0.6 is 0 Å². The Labute approximate surface area is 138 Å². The van der Waals surface area contributed by atoms with E-state index in [1.807, 2.05) is 25.1 Å². The van der Waals surface area contributed by atoms with Crippen LogP contribution in [0.15, 0.2) is 18.2 Å². The van der Waals surface area contributed by atoms with Crippen molar-refractivity contribution in [1.82, 2.24) is 14.6 Å². The van der Waals surface area contributed by atoms with Crippen molar-refractivity contribution >= 4 is 10.0 Å². The molecule has 0 aromatic carbocycles. The molecule has 1 aromatic heterocycles. The zero-order valence-corrected chi connectivity index (χ0v) is 14.6. The van der Waals surface area contributed by atoms with Crippen molar-refractivity contribution in [3.63, 3.8) is 0 Å². The third-order valence-corrected chi connectivity index (χ3v) is 5.27. The second kappa shape index (κ2) is 6.84. The average Bonchev–Trinajstić information content (AvgIpc) is 2.45. The van der Waals surface area contributed by atoms with Crippen LogP contribution in [0.2, 0.25) is 0 Å². The minimum atomic E-state index is -3.25. The first-order chi connectivity index (χ1) is 10.9. The van der Waals surface area contributed by atoms with Crippen LogP contribution in [0.1, 0.15) is 24.2 Å². The maximum absolute atomic E-state index is 11.7. The Balaban J connectivity index is 1.74. The molecular weight excluding hydrogens is 314 g/mol. The number of ether oxygens (including phenoxy) is 1. The Bertz CT molecular complexity index is 650. The smallest absolute Gasteiger partial charge is 0.209 e. The highest BCUT2D eigenvalue weighted by Crippen LogP contribution is 2.29. The number of nitrogens with one attached hydrogen (secondary N) is 1. The number of fused-ring (bicyclic) bond motifs is 1. The first-order valence-corrected chi connectivity index (χ1v) is 10.0. The Kier molecular flexibility index (Phi) is 5.01. The summed E-state index contributed by atoms with van der Waals surface area (Å²) >= 11 is 0. The molecule has 0 radical (unpaired) electrons. The molecule has 0 bridgehead atoms. The number of aryl methyl sites for hydroxylation is 1. The first-order valence-electron chi connectivity index (χ1n) is 8.14. The van der Waals surface area contributed by atoms with Gasteiger partial charge in [-0.2, -0.15) is 0 Å². The van der Waals surface area contributed by atoms with E-state index in [-0.39, 0.29) is 12.1 Å². The predicted octanol–water partition coefficient (Wildman–Crippen LogP) is 0.919. The molecule has 128 valence electrons. The fraction of sp³-hybridized carbons (Fsp3) is 0.688. The van der Waals surface area contributed by atoms with Crippen LogP contribution < -0.4 is 4.72 Å². The molecule has 0 amide bonds. The molecule has 3 rings (SSSR count). The van der Waals surface area contributed by atoms with Crippen molar-refractivity contribution in [3.05, 3.63) is 29.6 Å². The van der Waals surface area contributed by atoms with Crippen LogP contribution in [0.3, 0.4) is 0 Å². The SMILES string of the molecule is Cc1cccc(CN2C[C@@H]3CCCO[C@@H]3[C@H](NS(C)(=O)=O)C2)n1. The summed E-state index contributed by atoms with van der Waals surface area (Å²) in [7, 11) is -3.25. The Morgan fingerprint density at radius 1 is 1.39 bits per heavy atom. The summed E-state index contributed by atoms with van der Waals surface area (Å²) < 4.78 is 32.0. The van der Waals surface area contributed by atoms with Gasteiger partial charge in [0, 0.05) is 31.9 Å². The molecule has 23 heavy (non-hydrogen) atoms. The maximum Gasteiger partial charge on any atom is 0.209 e. The molecule has 3 atom stereocenters. The average molecular weight is 339 g/mol. The van der Waals surface area contributed by atoms with Gasteiger partial charge in [0.1, 0.15) is 0 Å². The summed E-state index contributed by atoms with van der Waals surface area (Å²) in [5.74, 6) is 0.376. The molecule has 6 nitrogen and oxygen atoms in total. The predicted molar refractivity (Wildman–Crippen MR) is 88.5 cm³/mol. The van der Waals surface area contributed by atoms with Crippen LogP contribution in [0.25, 0.3) is 0 Å². The van der Waals surface area contributed by atoms with Gasteiger partial charge in [0.05, 0.1) is 24.1 Å². The highest BCUT2D eigenvalue weighted by molar-refractivity contribution is 7.88. The van der Waals surface area contributed by atoms with Crippen LogP contribution in [0.4, 0.5) is 0 Å². The highest BCUT2D eigenvalue weighted by atomic mass is 32.2. The van der Waals surface area contributed by atoms with Crippen molar-refractivity contribution < 1.29 is 13.2 Å². The summed E-state index contributed by atoms with van der Waals surface area (Å²) in [5.41, 5.74) is 2.03. The lowest BCUT2D eigenvalue weighted by atomic mass is 9.86. The number of likely N-dealkylation sites (tertiary alicyclic amines) is 1. The van der Waals surface area contributed by atoms with Gasteiger partial charge in [-0.3, -0.25) is 9.88 Å². The zero-order valence-electron chi connectivity index (χ0n) is 13.7. The zero-order chi connectivity index (χ0) is 16.4. The largest absolute Gasteiger partial charge is 0.376 e. The number of hydrogen-bond donors (Lipinski definition) is 1. The quantitative estimate of drug-likeness (QED) is 0.883. The Morgan fingerprint density at radius 2 is 2.22 bits per heavy atom. The standard InChI is InChI=1S/C16H25N3O3S/c1-12-5-3-7-14(17-12)10-19-9-13-6-4-8-22-16(13)15(11-19)18-23(2,20)21/h3,5,7,13,15-16,18H,4,6,8-11H2,1-2H3/t13-,15+,16-/m0/s1. The van der Waals surface area contributed by atoms with Crippen molar-refractivity contribution in [2.45, 2.75) is 38.5 Å². The fourth-order valence-corrected chi connectivity index (χ4v) is 4.48. The third kappa shape index (κ3) is 4.50. The molecule has 0 spiro atoms. The van der Waals surface area contributed by atoms with Crippen molar-refractivity contribution in [2.24, 2.45) is 5.92 Å². The lowest BCUT2D eigenvalue weighted by Gasteiger charge is -2.45. The Hall–Kier alpha value is -1.02. The van der Waals surface area contributed by atoms with E-state index in [2.05, 4.69) is 14.6 Å². The minimum Gasteiger partial charge on any atom is -0.376 e. The van der Waals surface area contributed by atoms with E-state index in [4.69, 9.17) is 4.74 Å². The summed E-state index contributed by atoms with van der Waals surface area (Å²) in [6.07, 6.45) is 3.33. The number of rotatable bonds is 4. The number of aromatic nitrogens is 1. The van der Waals surface area contributed by atoms with E-state index in [0.717, 1.165) is 43.9 Å². The number of hydrogen-bond acceptors (Lipinski definition) is 5. The minimum absolute atomic E-state index is 0.0137. The van der Waals surface area contributed by atoms with E-state index in [0.29, 0.717) is 12.5 Å². The van der Waals surface area contributed by atoms with Gasteiger partial charge in [-0.05, 0) is 37.8 Å². The van der Waals surface area contributed by atoms with E-state index < -0.39 is 10.0 Å². The van der Waals surface area contributed by atoms with E-state index in [1.165, 1.54) is 6.26 Å². The topological polar surface area (TPSA) is 71.5 Å². The lowest BCUT2D eigenvalue weighted by molar-refractivity contribution is -0.0825. The third-order valence-electron chi connectivity index (χ3n) is 4.54. The first kappa shape index (κ1) is 16.8. The highest BCUT2D eigenvalue weighted by Gasteiger charge is 2.40.